The predicted molar refractivity (Wildman–Crippen MR) is 103 cm³/mol. The summed E-state index contributed by atoms with van der Waals surface area (Å²) < 4.78 is 31.9. The third kappa shape index (κ3) is 4.50. The molecule has 0 saturated carbocycles. The second kappa shape index (κ2) is 8.39. The molecule has 1 aliphatic heterocycles. The molecule has 0 bridgehead atoms. The molecule has 0 unspecified atom stereocenters. The molecule has 0 radical (unpaired) electrons. The minimum absolute atomic E-state index is 0.0984. The highest BCUT2D eigenvalue weighted by atomic mass is 35.5. The number of hydrogen-bond donors (Lipinski definition) is 0. The van der Waals surface area contributed by atoms with Gasteiger partial charge in [-0.3, -0.25) is 4.79 Å². The lowest BCUT2D eigenvalue weighted by molar-refractivity contribution is 0.0698. The average Bonchev–Trinajstić information content (AvgIpc) is 2.68. The Balaban J connectivity index is 1.65. The lowest BCUT2D eigenvalue weighted by Crippen LogP contribution is -2.50. The molecule has 0 aromatic heterocycles. The first kappa shape index (κ1) is 19.8. The zero-order chi connectivity index (χ0) is 19.4. The standard InChI is InChI=1S/C19H21ClN2O4S/c1-26-14-15-5-7-16(8-6-15)19(23)21-9-11-22(12-10-21)27(24,25)18-4-2-3-17(20)13-18/h2-8,13H,9-12,14H2,1H3. The van der Waals surface area contributed by atoms with Gasteiger partial charge in [0.2, 0.25) is 10.0 Å². The largest absolute Gasteiger partial charge is 0.380 e. The zero-order valence-corrected chi connectivity index (χ0v) is 16.5. The molecule has 8 heteroatoms. The second-order valence-electron chi connectivity index (χ2n) is 6.28. The molecule has 2 aromatic rings. The second-order valence-corrected chi connectivity index (χ2v) is 8.66. The van der Waals surface area contributed by atoms with Gasteiger partial charge in [-0.25, -0.2) is 8.42 Å². The van der Waals surface area contributed by atoms with E-state index in [0.29, 0.717) is 30.3 Å². The highest BCUT2D eigenvalue weighted by molar-refractivity contribution is 7.89. The SMILES string of the molecule is COCc1ccc(C(=O)N2CCN(S(=O)(=O)c3cccc(Cl)c3)CC2)cc1. The number of benzene rings is 2. The Morgan fingerprint density at radius 1 is 1.07 bits per heavy atom. The van der Waals surface area contributed by atoms with Crippen LogP contribution in [0.15, 0.2) is 53.4 Å². The van der Waals surface area contributed by atoms with Gasteiger partial charge in [-0.15, -0.1) is 0 Å². The summed E-state index contributed by atoms with van der Waals surface area (Å²) in [5.74, 6) is -0.0984. The topological polar surface area (TPSA) is 66.9 Å². The van der Waals surface area contributed by atoms with Crippen molar-refractivity contribution in [2.24, 2.45) is 0 Å². The van der Waals surface area contributed by atoms with Crippen LogP contribution < -0.4 is 0 Å². The summed E-state index contributed by atoms with van der Waals surface area (Å²) >= 11 is 5.91. The molecule has 144 valence electrons. The summed E-state index contributed by atoms with van der Waals surface area (Å²) in [4.78, 5) is 14.5. The maximum Gasteiger partial charge on any atom is 0.253 e. The van der Waals surface area contributed by atoms with E-state index in [0.717, 1.165) is 5.56 Å². The monoisotopic (exact) mass is 408 g/mol. The van der Waals surface area contributed by atoms with Gasteiger partial charge in [0, 0.05) is 43.9 Å². The van der Waals surface area contributed by atoms with E-state index in [1.165, 1.54) is 16.4 Å². The van der Waals surface area contributed by atoms with Crippen LogP contribution in [0.2, 0.25) is 5.02 Å². The third-order valence-corrected chi connectivity index (χ3v) is 6.60. The summed E-state index contributed by atoms with van der Waals surface area (Å²) in [6.07, 6.45) is 0. The van der Waals surface area contributed by atoms with Gasteiger partial charge in [-0.1, -0.05) is 29.8 Å². The van der Waals surface area contributed by atoms with Gasteiger partial charge in [0.1, 0.15) is 0 Å². The number of carbonyl (C=O) groups is 1. The molecule has 0 spiro atoms. The van der Waals surface area contributed by atoms with Crippen molar-refractivity contribution < 1.29 is 17.9 Å². The van der Waals surface area contributed by atoms with Crippen molar-refractivity contribution >= 4 is 27.5 Å². The molecule has 1 fully saturated rings. The number of ether oxygens (including phenoxy) is 1. The first-order chi connectivity index (χ1) is 12.9. The predicted octanol–water partition coefficient (Wildman–Crippen LogP) is 2.63. The number of carbonyl (C=O) groups excluding carboxylic acids is 1. The van der Waals surface area contributed by atoms with Gasteiger partial charge in [0.25, 0.3) is 5.91 Å². The Bertz CT molecular complexity index is 908. The Morgan fingerprint density at radius 2 is 1.74 bits per heavy atom. The van der Waals surface area contributed by atoms with E-state index in [1.807, 2.05) is 12.1 Å². The van der Waals surface area contributed by atoms with Crippen LogP contribution in [-0.4, -0.2) is 56.8 Å². The van der Waals surface area contributed by atoms with Crippen LogP contribution in [0, 0.1) is 0 Å². The summed E-state index contributed by atoms with van der Waals surface area (Å²) in [7, 11) is -1.99. The molecule has 1 amide bonds. The fourth-order valence-electron chi connectivity index (χ4n) is 3.00. The number of rotatable bonds is 5. The van der Waals surface area contributed by atoms with Crippen molar-refractivity contribution in [1.82, 2.24) is 9.21 Å². The molecular formula is C19H21ClN2O4S. The number of sulfonamides is 1. The molecule has 27 heavy (non-hydrogen) atoms. The summed E-state index contributed by atoms with van der Waals surface area (Å²) in [5.41, 5.74) is 1.58. The van der Waals surface area contributed by atoms with Crippen LogP contribution in [0.25, 0.3) is 0 Å². The number of piperazine rings is 1. The number of amides is 1. The Labute approximate surface area is 164 Å². The molecule has 0 aliphatic carbocycles. The lowest BCUT2D eigenvalue weighted by Gasteiger charge is -2.34. The van der Waals surface area contributed by atoms with Crippen molar-refractivity contribution in [2.45, 2.75) is 11.5 Å². The zero-order valence-electron chi connectivity index (χ0n) is 15.0. The maximum absolute atomic E-state index is 12.7. The van der Waals surface area contributed by atoms with Crippen LogP contribution in [0.3, 0.4) is 0 Å². The summed E-state index contributed by atoms with van der Waals surface area (Å²) in [6, 6.07) is 13.5. The van der Waals surface area contributed by atoms with Gasteiger partial charge in [0.15, 0.2) is 0 Å². The van der Waals surface area contributed by atoms with Crippen LogP contribution >= 0.6 is 11.6 Å². The Hall–Kier alpha value is -1.93. The van der Waals surface area contributed by atoms with E-state index in [4.69, 9.17) is 16.3 Å². The Kier molecular flexibility index (Phi) is 6.16. The van der Waals surface area contributed by atoms with Gasteiger partial charge in [0.05, 0.1) is 11.5 Å². The lowest BCUT2D eigenvalue weighted by atomic mass is 10.1. The number of hydrogen-bond acceptors (Lipinski definition) is 4. The van der Waals surface area contributed by atoms with Crippen LogP contribution in [-0.2, 0) is 21.4 Å². The normalized spacial score (nSPS) is 15.7. The number of halogens is 1. The minimum atomic E-state index is -3.61. The van der Waals surface area contributed by atoms with Crippen LogP contribution in [0.5, 0.6) is 0 Å². The molecule has 3 rings (SSSR count). The highest BCUT2D eigenvalue weighted by Crippen LogP contribution is 2.21. The fourth-order valence-corrected chi connectivity index (χ4v) is 4.72. The van der Waals surface area contributed by atoms with Gasteiger partial charge < -0.3 is 9.64 Å². The van der Waals surface area contributed by atoms with E-state index in [2.05, 4.69) is 0 Å². The summed E-state index contributed by atoms with van der Waals surface area (Å²) in [6.45, 7) is 1.69. The Morgan fingerprint density at radius 3 is 2.33 bits per heavy atom. The minimum Gasteiger partial charge on any atom is -0.380 e. The van der Waals surface area contributed by atoms with Crippen molar-refractivity contribution in [3.63, 3.8) is 0 Å². The van der Waals surface area contributed by atoms with Crippen LogP contribution in [0.1, 0.15) is 15.9 Å². The number of methoxy groups -OCH3 is 1. The molecule has 6 nitrogen and oxygen atoms in total. The van der Waals surface area contributed by atoms with Gasteiger partial charge in [-0.2, -0.15) is 4.31 Å². The van der Waals surface area contributed by atoms with E-state index in [9.17, 15) is 13.2 Å². The van der Waals surface area contributed by atoms with Crippen molar-refractivity contribution in [3.05, 3.63) is 64.7 Å². The van der Waals surface area contributed by atoms with Crippen molar-refractivity contribution in [2.75, 3.05) is 33.3 Å². The highest BCUT2D eigenvalue weighted by Gasteiger charge is 2.30. The molecule has 1 saturated heterocycles. The fraction of sp³-hybridized carbons (Fsp3) is 0.316. The van der Waals surface area contributed by atoms with Gasteiger partial charge in [-0.05, 0) is 35.9 Å². The number of nitrogens with zero attached hydrogens (tertiary/aromatic N) is 2. The van der Waals surface area contributed by atoms with Crippen LogP contribution in [0.4, 0.5) is 0 Å². The first-order valence-corrected chi connectivity index (χ1v) is 10.4. The molecular weight excluding hydrogens is 388 g/mol. The van der Waals surface area contributed by atoms with E-state index in [-0.39, 0.29) is 23.9 Å². The molecule has 2 aromatic carbocycles. The van der Waals surface area contributed by atoms with Crippen molar-refractivity contribution in [1.29, 1.82) is 0 Å². The van der Waals surface area contributed by atoms with Gasteiger partial charge >= 0.3 is 0 Å². The maximum atomic E-state index is 12.7. The van der Waals surface area contributed by atoms with Crippen molar-refractivity contribution in [3.8, 4) is 0 Å². The summed E-state index contributed by atoms with van der Waals surface area (Å²) in [5, 5.41) is 0.377. The average molecular weight is 409 g/mol. The quantitative estimate of drug-likeness (QED) is 0.762. The van der Waals surface area contributed by atoms with E-state index >= 15 is 0 Å². The first-order valence-electron chi connectivity index (χ1n) is 8.54. The molecule has 0 N–H and O–H groups in total. The van der Waals surface area contributed by atoms with E-state index in [1.54, 1.807) is 36.3 Å². The third-order valence-electron chi connectivity index (χ3n) is 4.47. The molecule has 1 heterocycles. The van der Waals surface area contributed by atoms with E-state index < -0.39 is 10.0 Å². The smallest absolute Gasteiger partial charge is 0.253 e. The molecule has 1 aliphatic rings. The molecule has 0 atom stereocenters.